The Bertz CT molecular complexity index is 1320. The van der Waals surface area contributed by atoms with E-state index in [1.807, 2.05) is 30.3 Å². The van der Waals surface area contributed by atoms with Gasteiger partial charge in [-0.15, -0.1) is 6.42 Å². The summed E-state index contributed by atoms with van der Waals surface area (Å²) in [5.74, 6) is 0.955. The van der Waals surface area contributed by atoms with Gasteiger partial charge in [-0.3, -0.25) is 9.59 Å². The predicted molar refractivity (Wildman–Crippen MR) is 180 cm³/mol. The highest BCUT2D eigenvalue weighted by Gasteiger charge is 2.35. The van der Waals surface area contributed by atoms with Gasteiger partial charge in [-0.25, -0.2) is 9.59 Å². The second-order valence-corrected chi connectivity index (χ2v) is 13.3. The van der Waals surface area contributed by atoms with Gasteiger partial charge in [0.25, 0.3) is 0 Å². The molecule has 2 unspecified atom stereocenters. The van der Waals surface area contributed by atoms with Crippen LogP contribution >= 0.6 is 0 Å². The predicted octanol–water partition coefficient (Wildman–Crippen LogP) is 6.10. The van der Waals surface area contributed by atoms with Gasteiger partial charge in [-0.1, -0.05) is 81.0 Å². The summed E-state index contributed by atoms with van der Waals surface area (Å²) in [6, 6.07) is 14.0. The van der Waals surface area contributed by atoms with Crippen LogP contribution in [0.2, 0.25) is 0 Å². The van der Waals surface area contributed by atoms with Crippen molar-refractivity contribution >= 4 is 23.9 Å². The molecule has 46 heavy (non-hydrogen) atoms. The monoisotopic (exact) mass is 633 g/mol. The zero-order valence-corrected chi connectivity index (χ0v) is 28.5. The number of amides is 3. The Balaban J connectivity index is 2.50. The van der Waals surface area contributed by atoms with Crippen molar-refractivity contribution in [2.75, 3.05) is 13.1 Å². The minimum absolute atomic E-state index is 0.190. The molecule has 0 aliphatic carbocycles. The largest absolute Gasteiger partial charge is 0.458 e. The lowest BCUT2D eigenvalue weighted by Gasteiger charge is -2.33. The van der Waals surface area contributed by atoms with Crippen LogP contribution in [0.3, 0.4) is 0 Å². The Morgan fingerprint density at radius 3 is 2.02 bits per heavy atom. The fourth-order valence-electron chi connectivity index (χ4n) is 4.75. The van der Waals surface area contributed by atoms with Crippen molar-refractivity contribution in [2.45, 2.75) is 110 Å². The summed E-state index contributed by atoms with van der Waals surface area (Å²) >= 11 is 0. The minimum Gasteiger partial charge on any atom is -0.458 e. The molecular formula is C37H51N3O6. The maximum atomic E-state index is 14.3. The van der Waals surface area contributed by atoms with Crippen molar-refractivity contribution in [1.82, 2.24) is 15.5 Å². The molecule has 2 rings (SSSR count). The normalized spacial score (nSPS) is 12.7. The van der Waals surface area contributed by atoms with Crippen LogP contribution in [0.15, 0.2) is 54.6 Å². The van der Waals surface area contributed by atoms with Crippen LogP contribution in [0.1, 0.15) is 103 Å². The number of esters is 1. The molecule has 2 atom stereocenters. The summed E-state index contributed by atoms with van der Waals surface area (Å²) in [5, 5.41) is 5.42. The molecule has 0 bridgehead atoms. The number of hydrogen-bond donors (Lipinski definition) is 2. The molecule has 0 saturated heterocycles. The van der Waals surface area contributed by atoms with E-state index in [-0.39, 0.29) is 19.5 Å². The van der Waals surface area contributed by atoms with Crippen LogP contribution in [-0.2, 0) is 30.3 Å². The second-order valence-electron chi connectivity index (χ2n) is 13.3. The van der Waals surface area contributed by atoms with Crippen LogP contribution in [0, 0.1) is 12.3 Å². The van der Waals surface area contributed by atoms with Crippen molar-refractivity contribution in [2.24, 2.45) is 0 Å². The summed E-state index contributed by atoms with van der Waals surface area (Å²) in [4.78, 5) is 55.4. The fraction of sp³-hybridized carbons (Fsp3) is 0.514. The first-order valence-corrected chi connectivity index (χ1v) is 16.0. The molecule has 2 N–H and O–H groups in total. The number of unbranched alkanes of at least 4 members (excludes halogenated alkanes) is 4. The molecule has 250 valence electrons. The van der Waals surface area contributed by atoms with E-state index < -0.39 is 47.2 Å². The van der Waals surface area contributed by atoms with Gasteiger partial charge in [0.15, 0.2) is 0 Å². The SMILES string of the molecule is C#Cc1ccc(C(C(=O)NC(Cc2ccccc2)C(=O)OC(C)(C)C)N(CCCCCCC)C(=O)CNC(=O)OC(C)(C)C)cc1. The zero-order valence-electron chi connectivity index (χ0n) is 28.5. The third-order valence-electron chi connectivity index (χ3n) is 6.85. The summed E-state index contributed by atoms with van der Waals surface area (Å²) in [6.45, 7) is 12.5. The Morgan fingerprint density at radius 2 is 1.46 bits per heavy atom. The maximum absolute atomic E-state index is 14.3. The van der Waals surface area contributed by atoms with Gasteiger partial charge in [-0.05, 0) is 71.2 Å². The lowest BCUT2D eigenvalue weighted by atomic mass is 10.00. The van der Waals surface area contributed by atoms with Crippen molar-refractivity contribution < 1.29 is 28.7 Å². The van der Waals surface area contributed by atoms with Gasteiger partial charge in [-0.2, -0.15) is 0 Å². The lowest BCUT2D eigenvalue weighted by molar-refractivity contribution is -0.159. The number of hydrogen-bond acceptors (Lipinski definition) is 6. The van der Waals surface area contributed by atoms with Crippen molar-refractivity contribution in [3.05, 3.63) is 71.3 Å². The Kier molecular flexibility index (Phi) is 14.8. The van der Waals surface area contributed by atoms with Crippen LogP contribution < -0.4 is 10.6 Å². The van der Waals surface area contributed by atoms with Crippen molar-refractivity contribution in [3.8, 4) is 12.3 Å². The van der Waals surface area contributed by atoms with Gasteiger partial charge >= 0.3 is 12.1 Å². The standard InChI is InChI=1S/C37H51N3O6/c1-9-11-12-13-17-24-40(31(41)26-38-35(44)46-37(6,7)8)32(29-22-20-27(10-2)21-23-29)33(42)39-30(34(43)45-36(3,4)5)25-28-18-15-14-16-19-28/h2,14-16,18-23,30,32H,9,11-13,17,24-26H2,1,3-8H3,(H,38,44)(H,39,42). The average Bonchev–Trinajstić information content (AvgIpc) is 2.98. The van der Waals surface area contributed by atoms with E-state index in [0.717, 1.165) is 31.2 Å². The number of rotatable bonds is 15. The summed E-state index contributed by atoms with van der Waals surface area (Å²) in [7, 11) is 0. The highest BCUT2D eigenvalue weighted by atomic mass is 16.6. The average molecular weight is 634 g/mol. The van der Waals surface area contributed by atoms with Gasteiger partial charge in [0.05, 0.1) is 0 Å². The lowest BCUT2D eigenvalue weighted by Crippen LogP contribution is -2.52. The number of carbonyl (C=O) groups is 4. The molecule has 0 saturated carbocycles. The molecule has 0 aliphatic rings. The Hall–Kier alpha value is -4.32. The minimum atomic E-state index is -1.12. The van der Waals surface area contributed by atoms with Gasteiger partial charge in [0, 0.05) is 18.5 Å². The van der Waals surface area contributed by atoms with Gasteiger partial charge in [0.2, 0.25) is 11.8 Å². The molecule has 0 heterocycles. The van der Waals surface area contributed by atoms with E-state index in [4.69, 9.17) is 15.9 Å². The molecule has 2 aromatic rings. The molecule has 0 aromatic heterocycles. The number of nitrogens with one attached hydrogen (secondary N) is 2. The topological polar surface area (TPSA) is 114 Å². The zero-order chi connectivity index (χ0) is 34.3. The molecule has 9 nitrogen and oxygen atoms in total. The van der Waals surface area contributed by atoms with Crippen LogP contribution in [0.4, 0.5) is 4.79 Å². The van der Waals surface area contributed by atoms with Crippen molar-refractivity contribution in [1.29, 1.82) is 0 Å². The molecular weight excluding hydrogens is 582 g/mol. The first-order valence-electron chi connectivity index (χ1n) is 16.0. The van der Waals surface area contributed by atoms with Gasteiger partial charge < -0.3 is 25.0 Å². The van der Waals surface area contributed by atoms with Crippen molar-refractivity contribution in [3.63, 3.8) is 0 Å². The summed E-state index contributed by atoms with van der Waals surface area (Å²) in [6.07, 6.45) is 9.64. The molecule has 0 radical (unpaired) electrons. The smallest absolute Gasteiger partial charge is 0.408 e. The fourth-order valence-corrected chi connectivity index (χ4v) is 4.75. The van der Waals surface area contributed by atoms with Crippen LogP contribution in [0.5, 0.6) is 0 Å². The number of ether oxygens (including phenoxy) is 2. The van der Waals surface area contributed by atoms with E-state index in [0.29, 0.717) is 17.5 Å². The third-order valence-corrected chi connectivity index (χ3v) is 6.85. The first kappa shape index (κ1) is 37.9. The quantitative estimate of drug-likeness (QED) is 0.139. The number of alkyl carbamates (subject to hydrolysis) is 1. The molecule has 0 fully saturated rings. The molecule has 2 aromatic carbocycles. The third kappa shape index (κ3) is 13.8. The number of nitrogens with zero attached hydrogens (tertiary/aromatic N) is 1. The first-order chi connectivity index (χ1) is 21.6. The Labute approximate surface area is 274 Å². The molecule has 0 aliphatic heterocycles. The highest BCUT2D eigenvalue weighted by molar-refractivity contribution is 5.93. The van der Waals surface area contributed by atoms with E-state index in [1.165, 1.54) is 4.90 Å². The molecule has 0 spiro atoms. The van der Waals surface area contributed by atoms with Gasteiger partial charge in [0.1, 0.15) is 29.8 Å². The molecule has 9 heteroatoms. The molecule has 3 amide bonds. The summed E-state index contributed by atoms with van der Waals surface area (Å²) < 4.78 is 11.0. The van der Waals surface area contributed by atoms with Crippen LogP contribution in [0.25, 0.3) is 0 Å². The number of benzene rings is 2. The Morgan fingerprint density at radius 1 is 0.848 bits per heavy atom. The van der Waals surface area contributed by atoms with E-state index in [1.54, 1.807) is 65.8 Å². The maximum Gasteiger partial charge on any atom is 0.408 e. The van der Waals surface area contributed by atoms with E-state index >= 15 is 0 Å². The van der Waals surface area contributed by atoms with E-state index in [9.17, 15) is 19.2 Å². The highest BCUT2D eigenvalue weighted by Crippen LogP contribution is 2.24. The number of terminal acetylenes is 1. The van der Waals surface area contributed by atoms with Crippen LogP contribution in [-0.4, -0.2) is 59.1 Å². The number of carbonyl (C=O) groups excluding carboxylic acids is 4. The second kappa shape index (κ2) is 18.0. The summed E-state index contributed by atoms with van der Waals surface area (Å²) in [5.41, 5.74) is 0.428. The van der Waals surface area contributed by atoms with E-state index in [2.05, 4.69) is 23.5 Å².